The molecule has 1 aromatic rings. The van der Waals surface area contributed by atoms with Gasteiger partial charge in [-0.2, -0.15) is 0 Å². The maximum atomic E-state index is 16.3. The number of sulfone groups is 1. The highest BCUT2D eigenvalue weighted by Crippen LogP contribution is 2.46. The van der Waals surface area contributed by atoms with Crippen molar-refractivity contribution in [1.29, 1.82) is 0 Å². The summed E-state index contributed by atoms with van der Waals surface area (Å²) in [5.41, 5.74) is 1.28. The van der Waals surface area contributed by atoms with Crippen LogP contribution in [0.25, 0.3) is 0 Å². The van der Waals surface area contributed by atoms with Crippen molar-refractivity contribution < 1.29 is 27.4 Å². The van der Waals surface area contributed by atoms with Gasteiger partial charge in [0.2, 0.25) is 0 Å². The number of ether oxygens (including phenoxy) is 1. The summed E-state index contributed by atoms with van der Waals surface area (Å²) < 4.78 is 50.5. The van der Waals surface area contributed by atoms with Crippen molar-refractivity contribution in [3.8, 4) is 0 Å². The Kier molecular flexibility index (Phi) is 7.62. The molecule has 1 amide bonds. The van der Waals surface area contributed by atoms with Gasteiger partial charge < -0.3 is 20.1 Å². The quantitative estimate of drug-likeness (QED) is 0.467. The van der Waals surface area contributed by atoms with E-state index in [-0.39, 0.29) is 40.5 Å². The lowest BCUT2D eigenvalue weighted by atomic mass is 9.87. The van der Waals surface area contributed by atoms with Crippen LogP contribution < -0.4 is 5.32 Å². The van der Waals surface area contributed by atoms with E-state index >= 15 is 4.39 Å². The van der Waals surface area contributed by atoms with Crippen molar-refractivity contribution >= 4 is 15.7 Å². The van der Waals surface area contributed by atoms with Gasteiger partial charge in [-0.15, -0.1) is 0 Å². The molecule has 9 nitrogen and oxygen atoms in total. The van der Waals surface area contributed by atoms with Crippen LogP contribution >= 0.6 is 0 Å². The molecule has 0 bridgehead atoms. The average Bonchev–Trinajstić information content (AvgIpc) is 3.11. The molecule has 0 spiro atoms. The van der Waals surface area contributed by atoms with Crippen molar-refractivity contribution in [3.05, 3.63) is 106 Å². The number of carbonyl (C=O) groups is 1. The van der Waals surface area contributed by atoms with Gasteiger partial charge in [-0.05, 0) is 60.8 Å². The van der Waals surface area contributed by atoms with Crippen LogP contribution in [0.15, 0.2) is 99.8 Å². The Labute approximate surface area is 250 Å². The van der Waals surface area contributed by atoms with Crippen molar-refractivity contribution in [2.75, 3.05) is 12.4 Å². The molecule has 226 valence electrons. The number of allylic oxidation sites excluding steroid dienone is 7. The number of nitrogens with one attached hydrogen (secondary N) is 1. The Morgan fingerprint density at radius 2 is 2.07 bits per heavy atom. The lowest BCUT2D eigenvalue weighted by molar-refractivity contribution is 0.0660. The zero-order valence-corrected chi connectivity index (χ0v) is 25.0. The van der Waals surface area contributed by atoms with Crippen LogP contribution in [0.5, 0.6) is 0 Å². The summed E-state index contributed by atoms with van der Waals surface area (Å²) in [6.07, 6.45) is 16.4. The zero-order valence-electron chi connectivity index (χ0n) is 24.2. The topological polar surface area (TPSA) is 122 Å². The lowest BCUT2D eigenvalue weighted by Gasteiger charge is -2.41. The largest absolute Gasteiger partial charge is 0.506 e. The number of hydrogen-bond donors (Lipinski definition) is 2. The Bertz CT molecular complexity index is 1670. The fraction of sp³-hybridized carbons (Fsp3) is 0.406. The molecule has 6 rings (SSSR count). The fourth-order valence-corrected chi connectivity index (χ4v) is 8.92. The Hall–Kier alpha value is -3.99. The SMILES string of the molecule is CC1(C)CC2=C(C(C3=C(F)C=C(OCC4=CCCC=C4)CC3)N(C(=O)c3ccncn3)C3CC=CC(O)=C3N2)S(=O)(=O)C1. The van der Waals surface area contributed by atoms with Crippen LogP contribution in [0.3, 0.4) is 0 Å². The molecule has 0 radical (unpaired) electrons. The van der Waals surface area contributed by atoms with Crippen molar-refractivity contribution in [3.63, 3.8) is 0 Å². The van der Waals surface area contributed by atoms with E-state index in [1.807, 2.05) is 19.9 Å². The molecule has 2 aliphatic heterocycles. The smallest absolute Gasteiger partial charge is 0.273 e. The van der Waals surface area contributed by atoms with Crippen molar-refractivity contribution in [2.24, 2.45) is 5.41 Å². The number of aromatic nitrogens is 2. The summed E-state index contributed by atoms with van der Waals surface area (Å²) in [4.78, 5) is 23.7. The Morgan fingerprint density at radius 1 is 1.23 bits per heavy atom. The van der Waals surface area contributed by atoms with Gasteiger partial charge in [-0.1, -0.05) is 38.2 Å². The summed E-state index contributed by atoms with van der Waals surface area (Å²) >= 11 is 0. The second-order valence-electron chi connectivity index (χ2n) is 12.3. The highest BCUT2D eigenvalue weighted by molar-refractivity contribution is 7.95. The van der Waals surface area contributed by atoms with E-state index in [1.54, 1.807) is 6.08 Å². The molecule has 0 aromatic carbocycles. The zero-order chi connectivity index (χ0) is 30.4. The average molecular weight is 607 g/mol. The van der Waals surface area contributed by atoms with Crippen LogP contribution in [-0.2, 0) is 14.6 Å². The van der Waals surface area contributed by atoms with Crippen LogP contribution in [0.1, 0.15) is 62.9 Å². The minimum absolute atomic E-state index is 0.0376. The molecule has 2 atom stereocenters. The third kappa shape index (κ3) is 5.70. The predicted molar refractivity (Wildman–Crippen MR) is 159 cm³/mol. The summed E-state index contributed by atoms with van der Waals surface area (Å²) in [7, 11) is -3.99. The second-order valence-corrected chi connectivity index (χ2v) is 14.2. The summed E-state index contributed by atoms with van der Waals surface area (Å²) in [6.45, 7) is 4.03. The standard InChI is InChI=1S/C32H35FN4O5S/c1-32(2)16-25-30(43(40,41)18-32)29(22-12-11-21(15-23(22)33)42-17-20-7-4-3-5-8-20)37(31(39)24-13-14-34-19-35-24)26-9-6-10-27(38)28(26)36-25/h4,6-8,10,13-15,19,26,29,36,38H,3,5,9,11-12,16-18H2,1-2H3. The van der Waals surface area contributed by atoms with Gasteiger partial charge >= 0.3 is 0 Å². The molecular weight excluding hydrogens is 571 g/mol. The van der Waals surface area contributed by atoms with E-state index in [1.165, 1.54) is 35.6 Å². The molecule has 0 saturated heterocycles. The Balaban J connectivity index is 1.51. The van der Waals surface area contributed by atoms with Gasteiger partial charge in [0.05, 0.1) is 34.2 Å². The van der Waals surface area contributed by atoms with Gasteiger partial charge in [-0.25, -0.2) is 22.8 Å². The van der Waals surface area contributed by atoms with E-state index < -0.39 is 39.1 Å². The van der Waals surface area contributed by atoms with Gasteiger partial charge in [0.25, 0.3) is 5.91 Å². The van der Waals surface area contributed by atoms with Gasteiger partial charge in [-0.3, -0.25) is 4.79 Å². The third-order valence-corrected chi connectivity index (χ3v) is 10.7. The first kappa shape index (κ1) is 29.1. The molecule has 2 unspecified atom stereocenters. The molecule has 0 saturated carbocycles. The number of fused-ring (bicyclic) bond motifs is 1. The first-order valence-electron chi connectivity index (χ1n) is 14.5. The predicted octanol–water partition coefficient (Wildman–Crippen LogP) is 5.24. The summed E-state index contributed by atoms with van der Waals surface area (Å²) in [5.74, 6) is -1.03. The maximum Gasteiger partial charge on any atom is 0.273 e. The van der Waals surface area contributed by atoms with E-state index in [0.29, 0.717) is 36.6 Å². The molecular formula is C32H35FN4O5S. The van der Waals surface area contributed by atoms with Crippen LogP contribution in [0.4, 0.5) is 4.39 Å². The molecule has 2 N–H and O–H groups in total. The fourth-order valence-electron chi connectivity index (χ4n) is 6.54. The minimum Gasteiger partial charge on any atom is -0.506 e. The maximum absolute atomic E-state index is 16.3. The summed E-state index contributed by atoms with van der Waals surface area (Å²) in [5, 5.41) is 14.2. The van der Waals surface area contributed by atoms with Gasteiger partial charge in [0.15, 0.2) is 9.84 Å². The van der Waals surface area contributed by atoms with Gasteiger partial charge in [0.1, 0.15) is 30.2 Å². The molecule has 1 aromatic heterocycles. The molecule has 5 aliphatic rings. The van der Waals surface area contributed by atoms with Crippen LogP contribution in [-0.4, -0.2) is 58.7 Å². The number of aliphatic hydroxyl groups excluding tert-OH is 1. The van der Waals surface area contributed by atoms with E-state index in [9.17, 15) is 18.3 Å². The summed E-state index contributed by atoms with van der Waals surface area (Å²) in [6, 6.07) is -0.609. The number of carbonyl (C=O) groups excluding carboxylic acids is 1. The monoisotopic (exact) mass is 606 g/mol. The molecule has 3 aliphatic carbocycles. The van der Waals surface area contributed by atoms with Crippen molar-refractivity contribution in [1.82, 2.24) is 20.2 Å². The minimum atomic E-state index is -3.99. The van der Waals surface area contributed by atoms with Crippen LogP contribution in [0, 0.1) is 5.41 Å². The van der Waals surface area contributed by atoms with Crippen molar-refractivity contribution in [2.45, 2.75) is 64.5 Å². The van der Waals surface area contributed by atoms with Crippen LogP contribution in [0.2, 0.25) is 0 Å². The molecule has 3 heterocycles. The van der Waals surface area contributed by atoms with E-state index in [2.05, 4.69) is 27.4 Å². The Morgan fingerprint density at radius 3 is 2.79 bits per heavy atom. The number of nitrogens with zero attached hydrogens (tertiary/aromatic N) is 3. The lowest BCUT2D eigenvalue weighted by Crippen LogP contribution is -2.52. The highest BCUT2D eigenvalue weighted by atomic mass is 32.2. The number of aliphatic hydroxyl groups is 1. The second kappa shape index (κ2) is 11.3. The first-order valence-corrected chi connectivity index (χ1v) is 16.2. The third-order valence-electron chi connectivity index (χ3n) is 8.36. The normalized spacial score (nSPS) is 26.2. The number of hydrogen-bond acceptors (Lipinski definition) is 8. The molecule has 11 heteroatoms. The molecule has 43 heavy (non-hydrogen) atoms. The number of halogens is 1. The number of amides is 1. The first-order chi connectivity index (χ1) is 20.5. The van der Waals surface area contributed by atoms with E-state index in [4.69, 9.17) is 4.74 Å². The van der Waals surface area contributed by atoms with Gasteiger partial charge in [0, 0.05) is 24.4 Å². The molecule has 0 fully saturated rings. The van der Waals surface area contributed by atoms with E-state index in [0.717, 1.165) is 18.4 Å². The highest BCUT2D eigenvalue weighted by Gasteiger charge is 2.51. The number of rotatable bonds is 5.